The molecule has 0 saturated carbocycles. The number of carbonyl (C=O) groups is 1. The number of nitrogens with zero attached hydrogens (tertiary/aromatic N) is 1. The van der Waals surface area contributed by atoms with Crippen LogP contribution in [0.3, 0.4) is 0 Å². The Labute approximate surface area is 226 Å². The van der Waals surface area contributed by atoms with Crippen molar-refractivity contribution >= 4 is 11.7 Å². The number of hydrogen-bond acceptors (Lipinski definition) is 2. The zero-order chi connectivity index (χ0) is 27.2. The van der Waals surface area contributed by atoms with Crippen LogP contribution in [-0.4, -0.2) is 10.9 Å². The summed E-state index contributed by atoms with van der Waals surface area (Å²) in [4.78, 5) is 15.3. The highest BCUT2D eigenvalue weighted by atomic mass is 19.4. The van der Waals surface area contributed by atoms with Crippen LogP contribution in [0.5, 0.6) is 5.75 Å². The first-order chi connectivity index (χ1) is 18.9. The van der Waals surface area contributed by atoms with E-state index < -0.39 is 17.8 Å². The number of alkyl halides is 3. The number of hydrogen-bond donors (Lipinski definition) is 1. The third-order valence-electron chi connectivity index (χ3n) is 6.97. The SMILES string of the molecule is O=C(Nc1ccccc1C(F)(F)F)N(Cc1ccc(OCc2ccccc2)cc1)C1CCCc2ccccc21. The molecule has 200 valence electrons. The monoisotopic (exact) mass is 530 g/mol. The van der Waals surface area contributed by atoms with Crippen molar-refractivity contribution in [1.82, 2.24) is 4.90 Å². The van der Waals surface area contributed by atoms with Crippen molar-refractivity contribution in [1.29, 1.82) is 0 Å². The predicted octanol–water partition coefficient (Wildman–Crippen LogP) is 8.40. The topological polar surface area (TPSA) is 41.6 Å². The first-order valence-corrected chi connectivity index (χ1v) is 13.0. The number of rotatable bonds is 7. The van der Waals surface area contributed by atoms with Gasteiger partial charge in [0.1, 0.15) is 12.4 Å². The van der Waals surface area contributed by atoms with Gasteiger partial charge in [-0.3, -0.25) is 0 Å². The van der Waals surface area contributed by atoms with Crippen LogP contribution >= 0.6 is 0 Å². The lowest BCUT2D eigenvalue weighted by atomic mass is 9.86. The lowest BCUT2D eigenvalue weighted by molar-refractivity contribution is -0.136. The van der Waals surface area contributed by atoms with Gasteiger partial charge in [0.25, 0.3) is 0 Å². The first kappa shape index (κ1) is 26.4. The summed E-state index contributed by atoms with van der Waals surface area (Å²) < 4.78 is 46.8. The average molecular weight is 531 g/mol. The highest BCUT2D eigenvalue weighted by molar-refractivity contribution is 5.90. The van der Waals surface area contributed by atoms with E-state index in [2.05, 4.69) is 11.4 Å². The molecule has 0 aromatic heterocycles. The van der Waals surface area contributed by atoms with Gasteiger partial charge < -0.3 is 15.0 Å². The van der Waals surface area contributed by atoms with Crippen LogP contribution in [0.25, 0.3) is 0 Å². The van der Waals surface area contributed by atoms with Gasteiger partial charge in [-0.2, -0.15) is 13.2 Å². The van der Waals surface area contributed by atoms with Gasteiger partial charge in [0.15, 0.2) is 0 Å². The Bertz CT molecular complexity index is 1410. The molecule has 0 fully saturated rings. The molecular weight excluding hydrogens is 501 g/mol. The molecule has 0 radical (unpaired) electrons. The Morgan fingerprint density at radius 1 is 0.846 bits per heavy atom. The van der Waals surface area contributed by atoms with Crippen molar-refractivity contribution in [2.45, 2.75) is 44.6 Å². The van der Waals surface area contributed by atoms with Crippen LogP contribution in [-0.2, 0) is 25.7 Å². The van der Waals surface area contributed by atoms with Gasteiger partial charge in [-0.05, 0) is 65.8 Å². The number of urea groups is 1. The third kappa shape index (κ3) is 6.42. The zero-order valence-electron chi connectivity index (χ0n) is 21.3. The van der Waals surface area contributed by atoms with Gasteiger partial charge in [-0.15, -0.1) is 0 Å². The summed E-state index contributed by atoms with van der Waals surface area (Å²) in [7, 11) is 0. The minimum Gasteiger partial charge on any atom is -0.489 e. The standard InChI is InChI=1S/C32H29F3N2O2/c33-32(34,35)28-14-6-7-15-29(28)36-31(38)37(30-16-8-12-25-11-4-5-13-27(25)30)21-23-17-19-26(20-18-23)39-22-24-9-2-1-3-10-24/h1-7,9-11,13-15,17-20,30H,8,12,16,21-22H2,(H,36,38). The van der Waals surface area contributed by atoms with Crippen LogP contribution in [0, 0.1) is 0 Å². The lowest BCUT2D eigenvalue weighted by Crippen LogP contribution is -2.39. The number of halogens is 3. The third-order valence-corrected chi connectivity index (χ3v) is 6.97. The number of amides is 2. The number of para-hydroxylation sites is 1. The highest BCUT2D eigenvalue weighted by Crippen LogP contribution is 2.38. The number of carbonyl (C=O) groups excluding carboxylic acids is 1. The maximum absolute atomic E-state index is 13.7. The van der Waals surface area contributed by atoms with Gasteiger partial charge in [-0.1, -0.05) is 78.9 Å². The largest absolute Gasteiger partial charge is 0.489 e. The van der Waals surface area contributed by atoms with Gasteiger partial charge in [0.05, 0.1) is 17.3 Å². The van der Waals surface area contributed by atoms with Gasteiger partial charge in [-0.25, -0.2) is 4.79 Å². The fourth-order valence-corrected chi connectivity index (χ4v) is 5.03. The Morgan fingerprint density at radius 2 is 1.54 bits per heavy atom. The molecule has 0 spiro atoms. The molecule has 1 atom stereocenters. The van der Waals surface area contributed by atoms with E-state index in [4.69, 9.17) is 4.74 Å². The number of anilines is 1. The number of benzene rings is 4. The molecule has 5 rings (SSSR count). The van der Waals surface area contributed by atoms with Crippen molar-refractivity contribution in [2.24, 2.45) is 0 Å². The fourth-order valence-electron chi connectivity index (χ4n) is 5.03. The lowest BCUT2D eigenvalue weighted by Gasteiger charge is -2.36. The molecule has 1 unspecified atom stereocenters. The van der Waals surface area contributed by atoms with Crippen LogP contribution in [0.2, 0.25) is 0 Å². The molecule has 1 aliphatic rings. The quantitative estimate of drug-likeness (QED) is 0.261. The summed E-state index contributed by atoms with van der Waals surface area (Å²) in [5, 5.41) is 2.56. The van der Waals surface area contributed by atoms with E-state index in [1.54, 1.807) is 4.90 Å². The molecule has 0 bridgehead atoms. The van der Waals surface area contributed by atoms with Gasteiger partial charge >= 0.3 is 12.2 Å². The van der Waals surface area contributed by atoms with E-state index in [0.717, 1.165) is 47.6 Å². The summed E-state index contributed by atoms with van der Waals surface area (Å²) >= 11 is 0. The van der Waals surface area contributed by atoms with Crippen molar-refractivity contribution in [3.63, 3.8) is 0 Å². The fraction of sp³-hybridized carbons (Fsp3) is 0.219. The Balaban J connectivity index is 1.39. The van der Waals surface area contributed by atoms with Gasteiger partial charge in [0, 0.05) is 6.54 Å². The second kappa shape index (κ2) is 11.6. The maximum atomic E-state index is 13.7. The summed E-state index contributed by atoms with van der Waals surface area (Å²) in [5.41, 5.74) is 2.97. The van der Waals surface area contributed by atoms with E-state index in [1.165, 1.54) is 18.2 Å². The highest BCUT2D eigenvalue weighted by Gasteiger charge is 2.35. The summed E-state index contributed by atoms with van der Waals surface area (Å²) in [6.45, 7) is 0.671. The number of nitrogens with one attached hydrogen (secondary N) is 1. The molecule has 0 saturated heterocycles. The zero-order valence-corrected chi connectivity index (χ0v) is 21.3. The second-order valence-corrected chi connectivity index (χ2v) is 9.63. The molecule has 4 aromatic carbocycles. The van der Waals surface area contributed by atoms with Crippen LogP contribution in [0.4, 0.5) is 23.7 Å². The Morgan fingerprint density at radius 3 is 2.31 bits per heavy atom. The van der Waals surface area contributed by atoms with Crippen molar-refractivity contribution in [2.75, 3.05) is 5.32 Å². The molecule has 0 heterocycles. The number of aryl methyl sites for hydroxylation is 1. The molecule has 0 aliphatic heterocycles. The van der Waals surface area contributed by atoms with Crippen molar-refractivity contribution < 1.29 is 22.7 Å². The minimum absolute atomic E-state index is 0.234. The van der Waals surface area contributed by atoms with Crippen LogP contribution in [0.1, 0.15) is 46.7 Å². The van der Waals surface area contributed by atoms with Gasteiger partial charge in [0.2, 0.25) is 0 Å². The summed E-state index contributed by atoms with van der Waals surface area (Å²) in [5.74, 6) is 0.695. The molecule has 4 aromatic rings. The van der Waals surface area contributed by atoms with Crippen LogP contribution < -0.4 is 10.1 Å². The average Bonchev–Trinajstić information content (AvgIpc) is 2.95. The number of ether oxygens (including phenoxy) is 1. The van der Waals surface area contributed by atoms with E-state index in [0.29, 0.717) is 12.4 Å². The molecule has 4 nitrogen and oxygen atoms in total. The van der Waals surface area contributed by atoms with Crippen molar-refractivity contribution in [3.05, 3.63) is 131 Å². The predicted molar refractivity (Wildman–Crippen MR) is 145 cm³/mol. The molecule has 1 N–H and O–H groups in total. The van der Waals surface area contributed by atoms with E-state index in [1.807, 2.05) is 72.8 Å². The first-order valence-electron chi connectivity index (χ1n) is 13.0. The minimum atomic E-state index is -4.58. The van der Waals surface area contributed by atoms with E-state index >= 15 is 0 Å². The Kier molecular flexibility index (Phi) is 7.87. The van der Waals surface area contributed by atoms with Crippen LogP contribution in [0.15, 0.2) is 103 Å². The smallest absolute Gasteiger partial charge is 0.418 e. The van der Waals surface area contributed by atoms with Crippen molar-refractivity contribution in [3.8, 4) is 5.75 Å². The van der Waals surface area contributed by atoms with E-state index in [-0.39, 0.29) is 18.3 Å². The number of fused-ring (bicyclic) bond motifs is 1. The molecule has 7 heteroatoms. The normalized spacial score (nSPS) is 14.8. The molecule has 1 aliphatic carbocycles. The second-order valence-electron chi connectivity index (χ2n) is 9.63. The maximum Gasteiger partial charge on any atom is 0.418 e. The molecule has 39 heavy (non-hydrogen) atoms. The summed E-state index contributed by atoms with van der Waals surface area (Å²) in [6, 6.07) is 29.5. The molecule has 2 amide bonds. The van der Waals surface area contributed by atoms with E-state index in [9.17, 15) is 18.0 Å². The Hall–Kier alpha value is -4.26. The molecular formula is C32H29F3N2O2. The summed E-state index contributed by atoms with van der Waals surface area (Å²) in [6.07, 6.45) is -2.06.